The molecule has 116 valence electrons. The highest BCUT2D eigenvalue weighted by Gasteiger charge is 2.32. The molecule has 0 saturated carbocycles. The van der Waals surface area contributed by atoms with Gasteiger partial charge in [0.05, 0.1) is 0 Å². The summed E-state index contributed by atoms with van der Waals surface area (Å²) in [6, 6.07) is 3.43. The van der Waals surface area contributed by atoms with E-state index in [0.29, 0.717) is 11.8 Å². The van der Waals surface area contributed by atoms with Crippen LogP contribution in [0.2, 0.25) is 0 Å². The number of carbonyl (C=O) groups is 1. The zero-order valence-electron chi connectivity index (χ0n) is 12.2. The van der Waals surface area contributed by atoms with Crippen LogP contribution in [0, 0.1) is 18.8 Å². The molecule has 1 aromatic heterocycles. The second-order valence-corrected chi connectivity index (χ2v) is 5.93. The smallest absolute Gasteiger partial charge is 0.260 e. The number of likely N-dealkylation sites (tertiary alicyclic amines) is 1. The fraction of sp³-hybridized carbons (Fsp3) is 0.600. The van der Waals surface area contributed by atoms with Crippen LogP contribution >= 0.6 is 12.4 Å². The van der Waals surface area contributed by atoms with Gasteiger partial charge in [0.25, 0.3) is 11.5 Å². The molecular weight excluding hydrogens is 290 g/mol. The van der Waals surface area contributed by atoms with E-state index in [0.717, 1.165) is 44.7 Å². The number of aromatic nitrogens is 1. The number of hydrogen-bond donors (Lipinski definition) is 2. The Kier molecular flexibility index (Phi) is 5.06. The summed E-state index contributed by atoms with van der Waals surface area (Å²) < 4.78 is 0. The summed E-state index contributed by atoms with van der Waals surface area (Å²) >= 11 is 0. The molecule has 21 heavy (non-hydrogen) atoms. The number of aryl methyl sites for hydroxylation is 1. The van der Waals surface area contributed by atoms with Crippen molar-refractivity contribution in [2.45, 2.75) is 19.8 Å². The van der Waals surface area contributed by atoms with Crippen molar-refractivity contribution in [1.29, 1.82) is 0 Å². The van der Waals surface area contributed by atoms with Gasteiger partial charge in [-0.3, -0.25) is 9.59 Å². The Morgan fingerprint density at radius 1 is 1.19 bits per heavy atom. The number of nitrogens with one attached hydrogen (secondary N) is 2. The lowest BCUT2D eigenvalue weighted by Crippen LogP contribution is -2.36. The van der Waals surface area contributed by atoms with Crippen molar-refractivity contribution in [2.75, 3.05) is 26.2 Å². The van der Waals surface area contributed by atoms with Gasteiger partial charge in [-0.25, -0.2) is 0 Å². The van der Waals surface area contributed by atoms with E-state index in [4.69, 9.17) is 0 Å². The van der Waals surface area contributed by atoms with Crippen molar-refractivity contribution in [3.63, 3.8) is 0 Å². The number of halogens is 1. The number of carbonyl (C=O) groups excluding carboxylic acids is 1. The molecule has 0 aromatic carbocycles. The molecule has 0 radical (unpaired) electrons. The molecule has 6 heteroatoms. The van der Waals surface area contributed by atoms with Gasteiger partial charge in [-0.2, -0.15) is 0 Å². The molecule has 0 aliphatic carbocycles. The summed E-state index contributed by atoms with van der Waals surface area (Å²) in [4.78, 5) is 28.9. The first-order valence-electron chi connectivity index (χ1n) is 7.35. The Balaban J connectivity index is 0.00000161. The summed E-state index contributed by atoms with van der Waals surface area (Å²) in [5, 5.41) is 3.42. The van der Waals surface area contributed by atoms with E-state index in [1.807, 2.05) is 11.8 Å². The summed E-state index contributed by atoms with van der Waals surface area (Å²) in [7, 11) is 0. The van der Waals surface area contributed by atoms with Crippen molar-refractivity contribution in [3.05, 3.63) is 33.7 Å². The Bertz CT molecular complexity index is 558. The first-order valence-corrected chi connectivity index (χ1v) is 7.35. The van der Waals surface area contributed by atoms with Crippen molar-refractivity contribution in [2.24, 2.45) is 11.8 Å². The van der Waals surface area contributed by atoms with E-state index in [2.05, 4.69) is 10.3 Å². The van der Waals surface area contributed by atoms with E-state index in [-0.39, 0.29) is 29.4 Å². The largest absolute Gasteiger partial charge is 0.338 e. The maximum Gasteiger partial charge on any atom is 0.260 e. The van der Waals surface area contributed by atoms with Crippen molar-refractivity contribution in [3.8, 4) is 0 Å². The number of fused-ring (bicyclic) bond motifs is 1. The van der Waals surface area contributed by atoms with Gasteiger partial charge in [-0.15, -0.1) is 12.4 Å². The first-order chi connectivity index (χ1) is 9.65. The SMILES string of the molecule is Cc1ccc(C(=O)N2CC[C@@H]3CNC[C@@H]3CC2)c(=O)[nH]1.Cl. The number of pyridine rings is 1. The lowest BCUT2D eigenvalue weighted by Gasteiger charge is -2.20. The quantitative estimate of drug-likeness (QED) is 0.818. The fourth-order valence-electron chi connectivity index (χ4n) is 3.33. The fourth-order valence-corrected chi connectivity index (χ4v) is 3.33. The van der Waals surface area contributed by atoms with Crippen molar-refractivity contribution in [1.82, 2.24) is 15.2 Å². The third-order valence-corrected chi connectivity index (χ3v) is 4.59. The van der Waals surface area contributed by atoms with Crippen LogP contribution in [0.1, 0.15) is 28.9 Å². The second-order valence-electron chi connectivity index (χ2n) is 5.93. The van der Waals surface area contributed by atoms with Gasteiger partial charge in [-0.1, -0.05) is 0 Å². The molecule has 0 spiro atoms. The standard InChI is InChI=1S/C15H21N3O2.ClH/c1-10-2-3-13(14(19)17-10)15(20)18-6-4-11-8-16-9-12(11)5-7-18;/h2-3,11-12,16H,4-9H2,1H3,(H,17,19);1H/t11-,12+;. The third kappa shape index (κ3) is 3.30. The maximum atomic E-state index is 12.5. The van der Waals surface area contributed by atoms with Gasteiger partial charge in [-0.05, 0) is 56.8 Å². The third-order valence-electron chi connectivity index (χ3n) is 4.59. The maximum absolute atomic E-state index is 12.5. The van der Waals surface area contributed by atoms with Gasteiger partial charge >= 0.3 is 0 Å². The van der Waals surface area contributed by atoms with Crippen molar-refractivity contribution < 1.29 is 4.79 Å². The van der Waals surface area contributed by atoms with Crippen LogP contribution in [0.3, 0.4) is 0 Å². The number of H-pyrrole nitrogens is 1. The molecule has 5 nitrogen and oxygen atoms in total. The number of amides is 1. The minimum Gasteiger partial charge on any atom is -0.338 e. The van der Waals surface area contributed by atoms with Gasteiger partial charge in [0, 0.05) is 18.8 Å². The van der Waals surface area contributed by atoms with Gasteiger partial charge in [0.2, 0.25) is 0 Å². The van der Waals surface area contributed by atoms with Crippen molar-refractivity contribution >= 4 is 18.3 Å². The molecule has 1 amide bonds. The predicted molar refractivity (Wildman–Crippen MR) is 84.0 cm³/mol. The lowest BCUT2D eigenvalue weighted by molar-refractivity contribution is 0.0756. The first kappa shape index (κ1) is 16.0. The number of nitrogens with zero attached hydrogens (tertiary/aromatic N) is 1. The van der Waals surface area contributed by atoms with E-state index in [1.165, 1.54) is 0 Å². The van der Waals surface area contributed by atoms with Gasteiger partial charge in [0.1, 0.15) is 5.56 Å². The molecule has 0 bridgehead atoms. The summed E-state index contributed by atoms with van der Waals surface area (Å²) in [5.74, 6) is 1.24. The van der Waals surface area contributed by atoms with Gasteiger partial charge in [0.15, 0.2) is 0 Å². The molecule has 2 atom stereocenters. The molecule has 2 fully saturated rings. The Morgan fingerprint density at radius 3 is 2.38 bits per heavy atom. The molecule has 3 rings (SSSR count). The van der Waals surface area contributed by atoms with Crippen LogP contribution in [-0.2, 0) is 0 Å². The molecule has 1 aromatic rings. The molecular formula is C15H22ClN3O2. The van der Waals surface area contributed by atoms with Crippen LogP contribution in [-0.4, -0.2) is 42.0 Å². The Labute approximate surface area is 130 Å². The monoisotopic (exact) mass is 311 g/mol. The number of aromatic amines is 1. The second kappa shape index (κ2) is 6.62. The normalized spacial score (nSPS) is 24.9. The molecule has 2 aliphatic heterocycles. The minimum absolute atomic E-state index is 0. The molecule has 2 aliphatic rings. The highest BCUT2D eigenvalue weighted by Crippen LogP contribution is 2.27. The summed E-state index contributed by atoms with van der Waals surface area (Å²) in [6.45, 7) is 5.47. The Hall–Kier alpha value is -1.33. The zero-order chi connectivity index (χ0) is 14.1. The highest BCUT2D eigenvalue weighted by molar-refractivity contribution is 5.93. The average Bonchev–Trinajstić information content (AvgIpc) is 2.77. The van der Waals surface area contributed by atoms with E-state index >= 15 is 0 Å². The number of rotatable bonds is 1. The topological polar surface area (TPSA) is 65.2 Å². The zero-order valence-corrected chi connectivity index (χ0v) is 13.0. The average molecular weight is 312 g/mol. The lowest BCUT2D eigenvalue weighted by atomic mass is 9.92. The molecule has 0 unspecified atom stereocenters. The van der Waals surface area contributed by atoms with Crippen LogP contribution in [0.4, 0.5) is 0 Å². The van der Waals surface area contributed by atoms with Crippen LogP contribution in [0.5, 0.6) is 0 Å². The minimum atomic E-state index is -0.277. The van der Waals surface area contributed by atoms with Crippen LogP contribution in [0.15, 0.2) is 16.9 Å². The molecule has 3 heterocycles. The highest BCUT2D eigenvalue weighted by atomic mass is 35.5. The van der Waals surface area contributed by atoms with Crippen LogP contribution in [0.25, 0.3) is 0 Å². The summed E-state index contributed by atoms with van der Waals surface area (Å²) in [6.07, 6.45) is 2.07. The van der Waals surface area contributed by atoms with E-state index in [1.54, 1.807) is 12.1 Å². The van der Waals surface area contributed by atoms with Gasteiger partial charge < -0.3 is 15.2 Å². The molecule has 2 saturated heterocycles. The number of hydrogen-bond acceptors (Lipinski definition) is 3. The van der Waals surface area contributed by atoms with E-state index < -0.39 is 0 Å². The summed E-state index contributed by atoms with van der Waals surface area (Å²) in [5.41, 5.74) is 0.768. The van der Waals surface area contributed by atoms with Crippen LogP contribution < -0.4 is 10.9 Å². The molecule has 2 N–H and O–H groups in total. The predicted octanol–water partition coefficient (Wildman–Crippen LogP) is 1.18. The van der Waals surface area contributed by atoms with E-state index in [9.17, 15) is 9.59 Å². The Morgan fingerprint density at radius 2 is 1.81 bits per heavy atom.